The molecule has 3 rings (SSSR count). The van der Waals surface area contributed by atoms with Gasteiger partial charge in [-0.05, 0) is 30.5 Å². The van der Waals surface area contributed by atoms with Gasteiger partial charge in [0.15, 0.2) is 0 Å². The predicted octanol–water partition coefficient (Wildman–Crippen LogP) is 5.59. The van der Waals surface area contributed by atoms with Crippen LogP contribution in [0, 0.1) is 0 Å². The number of hydrogen-bond donors (Lipinski definition) is 1. The Morgan fingerprint density at radius 3 is 2.39 bits per heavy atom. The second kappa shape index (κ2) is 7.00. The van der Waals surface area contributed by atoms with Crippen LogP contribution in [0.15, 0.2) is 23.0 Å². The van der Waals surface area contributed by atoms with Gasteiger partial charge in [0.05, 0.1) is 5.56 Å². The Bertz CT molecular complexity index is 931. The number of benzene rings is 1. The lowest BCUT2D eigenvalue weighted by molar-refractivity contribution is -0.136. The van der Waals surface area contributed by atoms with Gasteiger partial charge < -0.3 is 9.88 Å². The number of halogens is 6. The normalized spacial score (nSPS) is 20.1. The van der Waals surface area contributed by atoms with Gasteiger partial charge in [-0.1, -0.05) is 13.8 Å². The van der Waals surface area contributed by atoms with E-state index in [0.717, 1.165) is 0 Å². The van der Waals surface area contributed by atoms with E-state index in [4.69, 9.17) is 0 Å². The smallest absolute Gasteiger partial charge is 0.368 e. The quantitative estimate of drug-likeness (QED) is 0.672. The SMILES string of the molecule is CCC1C(C)c2c(ccc3[nH]c(=O)cc(C(F)(F)F)c23)N1CCCC(F)(F)F. The van der Waals surface area contributed by atoms with Gasteiger partial charge >= 0.3 is 12.4 Å². The van der Waals surface area contributed by atoms with E-state index in [-0.39, 0.29) is 35.8 Å². The summed E-state index contributed by atoms with van der Waals surface area (Å²) in [5, 5.41) is -0.0751. The van der Waals surface area contributed by atoms with Crippen LogP contribution >= 0.6 is 0 Å². The van der Waals surface area contributed by atoms with Crippen LogP contribution in [0.25, 0.3) is 10.9 Å². The molecule has 2 atom stereocenters. The molecule has 28 heavy (non-hydrogen) atoms. The van der Waals surface area contributed by atoms with Crippen molar-refractivity contribution in [3.8, 4) is 0 Å². The Morgan fingerprint density at radius 1 is 1.14 bits per heavy atom. The number of nitrogens with zero attached hydrogens (tertiary/aromatic N) is 1. The summed E-state index contributed by atoms with van der Waals surface area (Å²) in [6, 6.07) is 3.32. The van der Waals surface area contributed by atoms with E-state index in [1.54, 1.807) is 17.9 Å². The summed E-state index contributed by atoms with van der Waals surface area (Å²) in [6.45, 7) is 3.74. The lowest BCUT2D eigenvalue weighted by Crippen LogP contribution is -2.34. The average molecular weight is 406 g/mol. The molecule has 0 spiro atoms. The molecule has 1 aliphatic heterocycles. The van der Waals surface area contributed by atoms with E-state index < -0.39 is 29.9 Å². The molecule has 0 fully saturated rings. The van der Waals surface area contributed by atoms with Crippen LogP contribution in [0.1, 0.15) is 50.2 Å². The highest BCUT2D eigenvalue weighted by Gasteiger charge is 2.40. The van der Waals surface area contributed by atoms with E-state index in [2.05, 4.69) is 4.98 Å². The molecule has 3 nitrogen and oxygen atoms in total. The molecule has 1 aliphatic rings. The number of anilines is 1. The molecule has 0 saturated carbocycles. The maximum Gasteiger partial charge on any atom is 0.417 e. The van der Waals surface area contributed by atoms with Crippen LogP contribution in [0.3, 0.4) is 0 Å². The van der Waals surface area contributed by atoms with Crippen LogP contribution in [-0.2, 0) is 6.18 Å². The molecule has 0 radical (unpaired) electrons. The third-order valence-electron chi connectivity index (χ3n) is 5.35. The number of nitrogens with one attached hydrogen (secondary N) is 1. The second-order valence-corrected chi connectivity index (χ2v) is 7.14. The standard InChI is InChI=1S/C19H20F6N2O/c1-3-13-10(2)16-14(27(13)8-4-7-18(20,21)22)6-5-12-17(16)11(19(23,24)25)9-15(28)26-12/h5-6,9-10,13H,3-4,7-8H2,1-2H3,(H,26,28). The molecule has 1 N–H and O–H groups in total. The molecule has 0 saturated heterocycles. The number of rotatable bonds is 4. The average Bonchev–Trinajstić information content (AvgIpc) is 2.83. The van der Waals surface area contributed by atoms with Crippen molar-refractivity contribution in [2.75, 3.05) is 11.4 Å². The Hall–Kier alpha value is -2.19. The summed E-state index contributed by atoms with van der Waals surface area (Å²) in [7, 11) is 0. The Morgan fingerprint density at radius 2 is 1.82 bits per heavy atom. The summed E-state index contributed by atoms with van der Waals surface area (Å²) < 4.78 is 78.4. The van der Waals surface area contributed by atoms with Crippen molar-refractivity contribution in [3.05, 3.63) is 39.7 Å². The van der Waals surface area contributed by atoms with Crippen molar-refractivity contribution < 1.29 is 26.3 Å². The molecule has 2 unspecified atom stereocenters. The molecule has 0 bridgehead atoms. The van der Waals surface area contributed by atoms with Crippen molar-refractivity contribution >= 4 is 16.6 Å². The number of alkyl halides is 6. The number of aromatic nitrogens is 1. The topological polar surface area (TPSA) is 36.1 Å². The molecule has 0 amide bonds. The fourth-order valence-electron chi connectivity index (χ4n) is 4.26. The monoisotopic (exact) mass is 406 g/mol. The number of aromatic amines is 1. The first-order valence-corrected chi connectivity index (χ1v) is 9.04. The fraction of sp³-hybridized carbons (Fsp3) is 0.526. The van der Waals surface area contributed by atoms with E-state index in [0.29, 0.717) is 23.7 Å². The Labute approximate surface area is 157 Å². The number of hydrogen-bond acceptors (Lipinski definition) is 2. The molecule has 9 heteroatoms. The van der Waals surface area contributed by atoms with Crippen LogP contribution in [0.5, 0.6) is 0 Å². The van der Waals surface area contributed by atoms with Gasteiger partial charge in [-0.2, -0.15) is 26.3 Å². The molecular weight excluding hydrogens is 386 g/mol. The molecule has 1 aromatic carbocycles. The lowest BCUT2D eigenvalue weighted by Gasteiger charge is -2.28. The van der Waals surface area contributed by atoms with Crippen LogP contribution < -0.4 is 10.5 Å². The zero-order valence-electron chi connectivity index (χ0n) is 15.3. The number of H-pyrrole nitrogens is 1. The maximum absolute atomic E-state index is 13.6. The highest BCUT2D eigenvalue weighted by Crippen LogP contribution is 2.48. The van der Waals surface area contributed by atoms with Gasteiger partial charge in [0, 0.05) is 47.6 Å². The summed E-state index contributed by atoms with van der Waals surface area (Å²) >= 11 is 0. The first-order valence-electron chi connectivity index (χ1n) is 9.04. The molecule has 0 aliphatic carbocycles. The lowest BCUT2D eigenvalue weighted by atomic mass is 9.90. The van der Waals surface area contributed by atoms with Crippen molar-refractivity contribution in [1.29, 1.82) is 0 Å². The first kappa shape index (κ1) is 20.5. The molecule has 2 aromatic rings. The summed E-state index contributed by atoms with van der Waals surface area (Å²) in [5.74, 6) is -0.318. The molecule has 154 valence electrons. The summed E-state index contributed by atoms with van der Waals surface area (Å²) in [4.78, 5) is 15.9. The van der Waals surface area contributed by atoms with Gasteiger partial charge in [0.2, 0.25) is 5.56 Å². The molecule has 2 heterocycles. The highest BCUT2D eigenvalue weighted by atomic mass is 19.4. The van der Waals surface area contributed by atoms with Crippen molar-refractivity contribution in [1.82, 2.24) is 4.98 Å². The van der Waals surface area contributed by atoms with Crippen molar-refractivity contribution in [3.63, 3.8) is 0 Å². The van der Waals surface area contributed by atoms with Crippen molar-refractivity contribution in [2.24, 2.45) is 0 Å². The van der Waals surface area contributed by atoms with E-state index in [9.17, 15) is 31.1 Å². The van der Waals surface area contributed by atoms with Crippen LogP contribution in [-0.4, -0.2) is 23.7 Å². The Kier molecular flexibility index (Phi) is 5.14. The second-order valence-electron chi connectivity index (χ2n) is 7.14. The minimum atomic E-state index is -4.72. The largest absolute Gasteiger partial charge is 0.417 e. The van der Waals surface area contributed by atoms with Crippen molar-refractivity contribution in [2.45, 2.75) is 57.4 Å². The van der Waals surface area contributed by atoms with E-state index in [1.807, 2.05) is 6.92 Å². The van der Waals surface area contributed by atoms with Gasteiger partial charge in [-0.15, -0.1) is 0 Å². The molecule has 1 aromatic heterocycles. The van der Waals surface area contributed by atoms with Crippen LogP contribution in [0.4, 0.5) is 32.0 Å². The van der Waals surface area contributed by atoms with Gasteiger partial charge in [-0.25, -0.2) is 0 Å². The predicted molar refractivity (Wildman–Crippen MR) is 94.7 cm³/mol. The maximum atomic E-state index is 13.6. The minimum absolute atomic E-state index is 0.0751. The summed E-state index contributed by atoms with van der Waals surface area (Å²) in [6.07, 6.45) is -9.50. The van der Waals surface area contributed by atoms with E-state index >= 15 is 0 Å². The number of pyridine rings is 1. The summed E-state index contributed by atoms with van der Waals surface area (Å²) in [5.41, 5.74) is -0.842. The third kappa shape index (κ3) is 3.71. The number of fused-ring (bicyclic) bond motifs is 3. The van der Waals surface area contributed by atoms with Gasteiger partial charge in [-0.3, -0.25) is 4.79 Å². The zero-order valence-corrected chi connectivity index (χ0v) is 15.3. The van der Waals surface area contributed by atoms with Gasteiger partial charge in [0.25, 0.3) is 0 Å². The van der Waals surface area contributed by atoms with E-state index in [1.165, 1.54) is 6.07 Å². The first-order chi connectivity index (χ1) is 12.9. The minimum Gasteiger partial charge on any atom is -0.368 e. The van der Waals surface area contributed by atoms with Gasteiger partial charge in [0.1, 0.15) is 0 Å². The highest BCUT2D eigenvalue weighted by molar-refractivity contribution is 5.93. The third-order valence-corrected chi connectivity index (χ3v) is 5.35. The van der Waals surface area contributed by atoms with Crippen LogP contribution in [0.2, 0.25) is 0 Å². The fourth-order valence-corrected chi connectivity index (χ4v) is 4.26. The molecular formula is C19H20F6N2O. The zero-order chi connectivity index (χ0) is 20.9. The Balaban J connectivity index is 2.14.